The van der Waals surface area contributed by atoms with E-state index >= 15 is 0 Å². The second kappa shape index (κ2) is 6.55. The van der Waals surface area contributed by atoms with Crippen molar-refractivity contribution in [2.45, 2.75) is 30.7 Å². The van der Waals surface area contributed by atoms with Crippen molar-refractivity contribution in [2.75, 3.05) is 11.6 Å². The second-order valence-corrected chi connectivity index (χ2v) is 4.50. The van der Waals surface area contributed by atoms with Crippen molar-refractivity contribution in [2.24, 2.45) is 5.73 Å². The maximum atomic E-state index is 11.7. The van der Waals surface area contributed by atoms with Crippen LogP contribution < -0.4 is 11.1 Å². The molecule has 0 aliphatic rings. The second-order valence-electron chi connectivity index (χ2n) is 3.62. The molecular formula is C12H18N2OS. The minimum atomic E-state index is -0.414. The average Bonchev–Trinajstić information content (AvgIpc) is 2.29. The van der Waals surface area contributed by atoms with E-state index in [0.717, 1.165) is 17.0 Å². The van der Waals surface area contributed by atoms with Gasteiger partial charge >= 0.3 is 0 Å². The minimum Gasteiger partial charge on any atom is -0.325 e. The molecule has 1 aromatic rings. The van der Waals surface area contributed by atoms with Crippen molar-refractivity contribution >= 4 is 23.4 Å². The molecular weight excluding hydrogens is 220 g/mol. The zero-order chi connectivity index (χ0) is 12.0. The lowest BCUT2D eigenvalue weighted by Crippen LogP contribution is -2.35. The normalized spacial score (nSPS) is 12.2. The molecule has 4 heteroatoms. The number of carbonyl (C=O) groups excluding carboxylic acids is 1. The van der Waals surface area contributed by atoms with Crippen molar-refractivity contribution in [1.82, 2.24) is 0 Å². The van der Waals surface area contributed by atoms with Gasteiger partial charge < -0.3 is 11.1 Å². The van der Waals surface area contributed by atoms with Crippen molar-refractivity contribution in [1.29, 1.82) is 0 Å². The summed E-state index contributed by atoms with van der Waals surface area (Å²) in [7, 11) is 0. The first-order valence-electron chi connectivity index (χ1n) is 5.38. The van der Waals surface area contributed by atoms with Crippen molar-refractivity contribution in [3.63, 3.8) is 0 Å². The van der Waals surface area contributed by atoms with Crippen LogP contribution in [0.3, 0.4) is 0 Å². The standard InChI is InChI=1S/C12H18N2OS/c1-3-5-11(13)12(15)14-9-6-4-7-10(8-9)16-2/h4,6-8,11H,3,5,13H2,1-2H3,(H,14,15)/t11-/m0/s1. The van der Waals surface area contributed by atoms with E-state index < -0.39 is 6.04 Å². The Balaban J connectivity index is 2.61. The van der Waals surface area contributed by atoms with Gasteiger partial charge in [0.15, 0.2) is 0 Å². The summed E-state index contributed by atoms with van der Waals surface area (Å²) in [6.45, 7) is 2.02. The number of nitrogens with one attached hydrogen (secondary N) is 1. The third kappa shape index (κ3) is 3.87. The van der Waals surface area contributed by atoms with E-state index in [-0.39, 0.29) is 5.91 Å². The Labute approximate surface area is 101 Å². The average molecular weight is 238 g/mol. The van der Waals surface area contributed by atoms with E-state index in [0.29, 0.717) is 6.42 Å². The molecule has 0 aliphatic heterocycles. The number of hydrogen-bond acceptors (Lipinski definition) is 3. The molecule has 0 heterocycles. The molecule has 1 amide bonds. The van der Waals surface area contributed by atoms with Crippen LogP contribution in [0.15, 0.2) is 29.2 Å². The van der Waals surface area contributed by atoms with Crippen LogP contribution in [0.25, 0.3) is 0 Å². The molecule has 0 fully saturated rings. The van der Waals surface area contributed by atoms with Crippen LogP contribution in [0.4, 0.5) is 5.69 Å². The highest BCUT2D eigenvalue weighted by Gasteiger charge is 2.12. The molecule has 0 saturated carbocycles. The fourth-order valence-corrected chi connectivity index (χ4v) is 1.84. The maximum Gasteiger partial charge on any atom is 0.241 e. The summed E-state index contributed by atoms with van der Waals surface area (Å²) in [4.78, 5) is 12.8. The van der Waals surface area contributed by atoms with Gasteiger partial charge in [-0.15, -0.1) is 11.8 Å². The summed E-state index contributed by atoms with van der Waals surface area (Å²) in [5, 5.41) is 2.82. The van der Waals surface area contributed by atoms with E-state index in [2.05, 4.69) is 5.32 Å². The quantitative estimate of drug-likeness (QED) is 0.775. The van der Waals surface area contributed by atoms with Crippen LogP contribution in [-0.2, 0) is 4.79 Å². The van der Waals surface area contributed by atoms with Gasteiger partial charge in [-0.2, -0.15) is 0 Å². The first kappa shape index (κ1) is 13.1. The zero-order valence-electron chi connectivity index (χ0n) is 9.69. The van der Waals surface area contributed by atoms with E-state index in [1.54, 1.807) is 11.8 Å². The van der Waals surface area contributed by atoms with E-state index in [1.165, 1.54) is 0 Å². The number of benzene rings is 1. The van der Waals surface area contributed by atoms with E-state index in [9.17, 15) is 4.79 Å². The molecule has 0 spiro atoms. The van der Waals surface area contributed by atoms with E-state index in [4.69, 9.17) is 5.73 Å². The number of carbonyl (C=O) groups is 1. The summed E-state index contributed by atoms with van der Waals surface area (Å²) < 4.78 is 0. The summed E-state index contributed by atoms with van der Waals surface area (Å²) in [6, 6.07) is 7.33. The Morgan fingerprint density at radius 2 is 2.31 bits per heavy atom. The van der Waals surface area contributed by atoms with Gasteiger partial charge in [0.05, 0.1) is 6.04 Å². The molecule has 0 saturated heterocycles. The number of anilines is 1. The first-order valence-corrected chi connectivity index (χ1v) is 6.60. The Morgan fingerprint density at radius 3 is 2.94 bits per heavy atom. The van der Waals surface area contributed by atoms with Gasteiger partial charge in [0.1, 0.15) is 0 Å². The molecule has 0 aliphatic carbocycles. The molecule has 0 unspecified atom stereocenters. The first-order chi connectivity index (χ1) is 7.67. The van der Waals surface area contributed by atoms with E-state index in [1.807, 2.05) is 37.4 Å². The molecule has 16 heavy (non-hydrogen) atoms. The lowest BCUT2D eigenvalue weighted by Gasteiger charge is -2.11. The maximum absolute atomic E-state index is 11.7. The largest absolute Gasteiger partial charge is 0.325 e. The topological polar surface area (TPSA) is 55.1 Å². The molecule has 0 aromatic heterocycles. The lowest BCUT2D eigenvalue weighted by atomic mass is 10.1. The highest BCUT2D eigenvalue weighted by molar-refractivity contribution is 7.98. The van der Waals surface area contributed by atoms with Crippen LogP contribution >= 0.6 is 11.8 Å². The third-order valence-corrected chi connectivity index (χ3v) is 3.00. The summed E-state index contributed by atoms with van der Waals surface area (Å²) in [5.41, 5.74) is 6.54. The molecule has 1 atom stereocenters. The summed E-state index contributed by atoms with van der Waals surface area (Å²) in [5.74, 6) is -0.111. The highest BCUT2D eigenvalue weighted by atomic mass is 32.2. The van der Waals surface area contributed by atoms with Crippen LogP contribution in [0.1, 0.15) is 19.8 Å². The molecule has 0 bridgehead atoms. The van der Waals surface area contributed by atoms with Gasteiger partial charge in [-0.1, -0.05) is 19.4 Å². The number of nitrogens with two attached hydrogens (primary N) is 1. The summed E-state index contributed by atoms with van der Waals surface area (Å²) >= 11 is 1.65. The Morgan fingerprint density at radius 1 is 1.56 bits per heavy atom. The number of thioether (sulfide) groups is 1. The number of rotatable bonds is 5. The molecule has 1 aromatic carbocycles. The SMILES string of the molecule is CCC[C@H](N)C(=O)Nc1cccc(SC)c1. The summed E-state index contributed by atoms with van der Waals surface area (Å²) in [6.07, 6.45) is 3.64. The fourth-order valence-electron chi connectivity index (χ4n) is 1.38. The van der Waals surface area contributed by atoms with Gasteiger partial charge in [0.2, 0.25) is 5.91 Å². The van der Waals surface area contributed by atoms with Gasteiger partial charge in [0, 0.05) is 10.6 Å². The zero-order valence-corrected chi connectivity index (χ0v) is 10.5. The molecule has 1 rings (SSSR count). The lowest BCUT2D eigenvalue weighted by molar-refractivity contribution is -0.117. The van der Waals surface area contributed by atoms with Gasteiger partial charge in [-0.05, 0) is 30.9 Å². The Bertz CT molecular complexity index is 355. The van der Waals surface area contributed by atoms with Crippen LogP contribution in [-0.4, -0.2) is 18.2 Å². The Kier molecular flexibility index (Phi) is 5.35. The van der Waals surface area contributed by atoms with Gasteiger partial charge in [-0.25, -0.2) is 0 Å². The predicted molar refractivity (Wildman–Crippen MR) is 69.7 cm³/mol. The molecule has 3 nitrogen and oxygen atoms in total. The monoisotopic (exact) mass is 238 g/mol. The van der Waals surface area contributed by atoms with Crippen LogP contribution in [0.5, 0.6) is 0 Å². The van der Waals surface area contributed by atoms with Gasteiger partial charge in [0.25, 0.3) is 0 Å². The number of amides is 1. The Hall–Kier alpha value is -1.00. The predicted octanol–water partition coefficient (Wildman–Crippen LogP) is 2.47. The molecule has 88 valence electrons. The van der Waals surface area contributed by atoms with Crippen molar-refractivity contribution < 1.29 is 4.79 Å². The van der Waals surface area contributed by atoms with Crippen molar-refractivity contribution in [3.8, 4) is 0 Å². The smallest absolute Gasteiger partial charge is 0.241 e. The molecule has 0 radical (unpaired) electrons. The fraction of sp³-hybridized carbons (Fsp3) is 0.417. The van der Waals surface area contributed by atoms with Crippen LogP contribution in [0.2, 0.25) is 0 Å². The highest BCUT2D eigenvalue weighted by Crippen LogP contribution is 2.19. The number of hydrogen-bond donors (Lipinski definition) is 2. The van der Waals surface area contributed by atoms with Gasteiger partial charge in [-0.3, -0.25) is 4.79 Å². The minimum absolute atomic E-state index is 0.111. The third-order valence-electron chi connectivity index (χ3n) is 2.27. The van der Waals surface area contributed by atoms with Crippen LogP contribution in [0, 0.1) is 0 Å². The van der Waals surface area contributed by atoms with Crippen molar-refractivity contribution in [3.05, 3.63) is 24.3 Å². The molecule has 3 N–H and O–H groups in total.